The summed E-state index contributed by atoms with van der Waals surface area (Å²) in [5.41, 5.74) is 3.27. The van der Waals surface area contributed by atoms with E-state index in [1.165, 1.54) is 6.20 Å². The molecule has 5 heteroatoms. The minimum Gasteiger partial charge on any atom is -0.322 e. The number of aromatic amines is 1. The molecule has 5 nitrogen and oxygen atoms in total. The van der Waals surface area contributed by atoms with E-state index in [1.807, 2.05) is 13.0 Å². The smallest absolute Gasteiger partial charge is 0.259 e. The fourth-order valence-corrected chi connectivity index (χ4v) is 1.60. The van der Waals surface area contributed by atoms with Crippen LogP contribution in [0.5, 0.6) is 0 Å². The van der Waals surface area contributed by atoms with E-state index in [9.17, 15) is 4.79 Å². The summed E-state index contributed by atoms with van der Waals surface area (Å²) < 4.78 is 0. The number of hydrogen-bond donors (Lipinski definition) is 2. The van der Waals surface area contributed by atoms with Gasteiger partial charge in [0, 0.05) is 11.4 Å². The van der Waals surface area contributed by atoms with Gasteiger partial charge in [0.1, 0.15) is 0 Å². The number of H-pyrrole nitrogens is 1. The molecule has 0 bridgehead atoms. The molecule has 0 aliphatic rings. The van der Waals surface area contributed by atoms with Crippen LogP contribution in [0, 0.1) is 25.2 Å². The maximum Gasteiger partial charge on any atom is 0.259 e. The summed E-state index contributed by atoms with van der Waals surface area (Å²) >= 11 is 0. The number of benzene rings is 1. The first kappa shape index (κ1) is 11.9. The molecule has 1 aromatic carbocycles. The highest BCUT2D eigenvalue weighted by atomic mass is 16.1. The van der Waals surface area contributed by atoms with Crippen LogP contribution in [-0.2, 0) is 0 Å². The highest BCUT2D eigenvalue weighted by molar-refractivity contribution is 6.05. The third kappa shape index (κ3) is 2.23. The number of aryl methyl sites for hydroxylation is 2. The molecule has 0 fully saturated rings. The highest BCUT2D eigenvalue weighted by Gasteiger charge is 2.12. The van der Waals surface area contributed by atoms with Crippen molar-refractivity contribution in [2.45, 2.75) is 13.8 Å². The Morgan fingerprint density at radius 2 is 2.22 bits per heavy atom. The van der Waals surface area contributed by atoms with Gasteiger partial charge in [-0.15, -0.1) is 0 Å². The molecule has 0 unspecified atom stereocenters. The summed E-state index contributed by atoms with van der Waals surface area (Å²) in [6, 6.07) is 7.22. The van der Waals surface area contributed by atoms with E-state index in [0.29, 0.717) is 22.5 Å². The molecular weight excluding hydrogens is 228 g/mol. The molecule has 90 valence electrons. The van der Waals surface area contributed by atoms with E-state index < -0.39 is 0 Å². The summed E-state index contributed by atoms with van der Waals surface area (Å²) in [7, 11) is 0. The molecule has 0 saturated carbocycles. The lowest BCUT2D eigenvalue weighted by Crippen LogP contribution is -2.13. The van der Waals surface area contributed by atoms with Crippen LogP contribution in [0.3, 0.4) is 0 Å². The second kappa shape index (κ2) is 4.72. The van der Waals surface area contributed by atoms with Crippen molar-refractivity contribution in [3.63, 3.8) is 0 Å². The van der Waals surface area contributed by atoms with Gasteiger partial charge in [-0.25, -0.2) is 0 Å². The molecule has 0 atom stereocenters. The van der Waals surface area contributed by atoms with Gasteiger partial charge in [0.2, 0.25) is 0 Å². The molecule has 0 saturated heterocycles. The Kier molecular flexibility index (Phi) is 3.11. The predicted molar refractivity (Wildman–Crippen MR) is 67.2 cm³/mol. The van der Waals surface area contributed by atoms with E-state index in [2.05, 4.69) is 15.5 Å². The van der Waals surface area contributed by atoms with Crippen molar-refractivity contribution >= 4 is 11.6 Å². The molecule has 2 rings (SSSR count). The molecular formula is C13H12N4O. The molecule has 0 aliphatic heterocycles. The van der Waals surface area contributed by atoms with Crippen LogP contribution in [0.2, 0.25) is 0 Å². The molecule has 18 heavy (non-hydrogen) atoms. The summed E-state index contributed by atoms with van der Waals surface area (Å²) in [6.45, 7) is 3.65. The van der Waals surface area contributed by atoms with Gasteiger partial charge in [0.05, 0.1) is 23.4 Å². The zero-order valence-electron chi connectivity index (χ0n) is 10.1. The number of aromatic nitrogens is 2. The Labute approximate surface area is 104 Å². The Balaban J connectivity index is 2.27. The normalized spacial score (nSPS) is 9.83. The minimum atomic E-state index is -0.237. The molecule has 2 aromatic rings. The predicted octanol–water partition coefficient (Wildman–Crippen LogP) is 2.15. The van der Waals surface area contributed by atoms with Crippen LogP contribution in [0.15, 0.2) is 24.4 Å². The molecule has 1 amide bonds. The lowest BCUT2D eigenvalue weighted by Gasteiger charge is -2.08. The first-order valence-corrected chi connectivity index (χ1v) is 5.44. The lowest BCUT2D eigenvalue weighted by atomic mass is 10.1. The van der Waals surface area contributed by atoms with Crippen LogP contribution in [0.25, 0.3) is 0 Å². The quantitative estimate of drug-likeness (QED) is 0.843. The average Bonchev–Trinajstić information content (AvgIpc) is 2.78. The lowest BCUT2D eigenvalue weighted by molar-refractivity contribution is 0.102. The number of carbonyl (C=O) groups is 1. The van der Waals surface area contributed by atoms with E-state index >= 15 is 0 Å². The number of anilines is 1. The zero-order chi connectivity index (χ0) is 13.1. The number of nitrogens with zero attached hydrogens (tertiary/aromatic N) is 2. The third-order valence-electron chi connectivity index (χ3n) is 2.69. The first-order valence-electron chi connectivity index (χ1n) is 5.44. The zero-order valence-corrected chi connectivity index (χ0v) is 10.1. The number of nitrogens with one attached hydrogen (secondary N) is 2. The summed E-state index contributed by atoms with van der Waals surface area (Å²) in [6.07, 6.45) is 1.48. The van der Waals surface area contributed by atoms with E-state index in [4.69, 9.17) is 5.26 Å². The van der Waals surface area contributed by atoms with Gasteiger partial charge in [-0.1, -0.05) is 6.07 Å². The van der Waals surface area contributed by atoms with Crippen LogP contribution in [0.1, 0.15) is 27.2 Å². The Morgan fingerprint density at radius 1 is 1.44 bits per heavy atom. The molecule has 1 aromatic heterocycles. The summed E-state index contributed by atoms with van der Waals surface area (Å²) in [5.74, 6) is -0.237. The van der Waals surface area contributed by atoms with Crippen LogP contribution < -0.4 is 5.32 Å². The van der Waals surface area contributed by atoms with Gasteiger partial charge in [0.15, 0.2) is 0 Å². The van der Waals surface area contributed by atoms with Crippen molar-refractivity contribution < 1.29 is 4.79 Å². The monoisotopic (exact) mass is 240 g/mol. The van der Waals surface area contributed by atoms with Gasteiger partial charge in [-0.3, -0.25) is 9.89 Å². The number of amides is 1. The third-order valence-corrected chi connectivity index (χ3v) is 2.69. The second-order valence-corrected chi connectivity index (χ2v) is 4.00. The fourth-order valence-electron chi connectivity index (χ4n) is 1.60. The number of carbonyl (C=O) groups excluding carboxylic acids is 1. The highest BCUT2D eigenvalue weighted by Crippen LogP contribution is 2.17. The average molecular weight is 240 g/mol. The van der Waals surface area contributed by atoms with Crippen LogP contribution >= 0.6 is 0 Å². The van der Waals surface area contributed by atoms with E-state index in [-0.39, 0.29) is 5.91 Å². The number of nitriles is 1. The SMILES string of the molecule is Cc1ccc(C#N)cc1NC(=O)c1cn[nH]c1C. The van der Waals surface area contributed by atoms with Crippen LogP contribution in [0.4, 0.5) is 5.69 Å². The second-order valence-electron chi connectivity index (χ2n) is 4.00. The maximum atomic E-state index is 12.0. The van der Waals surface area contributed by atoms with Gasteiger partial charge in [-0.05, 0) is 31.5 Å². The van der Waals surface area contributed by atoms with Crippen molar-refractivity contribution in [1.29, 1.82) is 5.26 Å². The van der Waals surface area contributed by atoms with E-state index in [1.54, 1.807) is 25.1 Å². The molecule has 0 spiro atoms. The van der Waals surface area contributed by atoms with E-state index in [0.717, 1.165) is 5.56 Å². The minimum absolute atomic E-state index is 0.237. The van der Waals surface area contributed by atoms with Crippen molar-refractivity contribution in [3.05, 3.63) is 46.8 Å². The summed E-state index contributed by atoms with van der Waals surface area (Å²) in [5, 5.41) is 18.1. The molecule has 2 N–H and O–H groups in total. The maximum absolute atomic E-state index is 12.0. The largest absolute Gasteiger partial charge is 0.322 e. The summed E-state index contributed by atoms with van der Waals surface area (Å²) in [4.78, 5) is 12.0. The Morgan fingerprint density at radius 3 is 2.83 bits per heavy atom. The van der Waals surface area contributed by atoms with Crippen molar-refractivity contribution in [2.24, 2.45) is 0 Å². The molecule has 0 radical (unpaired) electrons. The van der Waals surface area contributed by atoms with Gasteiger partial charge in [0.25, 0.3) is 5.91 Å². The Bertz CT molecular complexity index is 637. The van der Waals surface area contributed by atoms with Crippen molar-refractivity contribution in [3.8, 4) is 6.07 Å². The van der Waals surface area contributed by atoms with Gasteiger partial charge >= 0.3 is 0 Å². The number of rotatable bonds is 2. The van der Waals surface area contributed by atoms with Crippen molar-refractivity contribution in [2.75, 3.05) is 5.32 Å². The standard InChI is InChI=1S/C13H12N4O/c1-8-3-4-10(6-14)5-12(8)16-13(18)11-7-15-17-9(11)2/h3-5,7H,1-2H3,(H,15,17)(H,16,18). The van der Waals surface area contributed by atoms with Crippen molar-refractivity contribution in [1.82, 2.24) is 10.2 Å². The Hall–Kier alpha value is -2.61. The fraction of sp³-hybridized carbons (Fsp3) is 0.154. The topological polar surface area (TPSA) is 81.6 Å². The first-order chi connectivity index (χ1) is 8.61. The van der Waals surface area contributed by atoms with Crippen LogP contribution in [-0.4, -0.2) is 16.1 Å². The van der Waals surface area contributed by atoms with Gasteiger partial charge in [-0.2, -0.15) is 10.4 Å². The molecule has 0 aliphatic carbocycles. The number of hydrogen-bond acceptors (Lipinski definition) is 3. The van der Waals surface area contributed by atoms with Gasteiger partial charge < -0.3 is 5.32 Å². The molecule has 1 heterocycles.